The molecule has 0 aromatic heterocycles. The third kappa shape index (κ3) is 3.51. The molecule has 1 heteroatoms. The van der Waals surface area contributed by atoms with Crippen LogP contribution in [0.5, 0.6) is 0 Å². The molecule has 0 bridgehead atoms. The van der Waals surface area contributed by atoms with Gasteiger partial charge in [-0.3, -0.25) is 4.99 Å². The number of allylic oxidation sites excluding steroid dienone is 3. The molecule has 0 atom stereocenters. The molecule has 0 spiro atoms. The molecule has 0 rings (SSSR count). The second-order valence-electron chi connectivity index (χ2n) is 3.07. The maximum Gasteiger partial charge on any atom is 0.0364 e. The minimum atomic E-state index is 0.526. The Kier molecular flexibility index (Phi) is 5.35. The van der Waals surface area contributed by atoms with Crippen LogP contribution in [0.1, 0.15) is 27.7 Å². The Balaban J connectivity index is 4.63. The highest BCUT2D eigenvalue weighted by Crippen LogP contribution is 2.11. The molecule has 0 aliphatic carbocycles. The maximum atomic E-state index is 4.37. The van der Waals surface area contributed by atoms with E-state index >= 15 is 0 Å². The van der Waals surface area contributed by atoms with Crippen LogP contribution in [0.4, 0.5) is 0 Å². The van der Waals surface area contributed by atoms with E-state index in [1.807, 2.05) is 12.2 Å². The summed E-state index contributed by atoms with van der Waals surface area (Å²) in [7, 11) is 0. The molecule has 0 fully saturated rings. The fourth-order valence-electron chi connectivity index (χ4n) is 1.19. The van der Waals surface area contributed by atoms with Crippen molar-refractivity contribution in [1.82, 2.24) is 0 Å². The Morgan fingerprint density at radius 3 is 2.42 bits per heavy atom. The van der Waals surface area contributed by atoms with E-state index in [0.717, 1.165) is 12.3 Å². The normalized spacial score (nSPS) is 13.8. The van der Waals surface area contributed by atoms with E-state index in [9.17, 15) is 0 Å². The number of hydrogen-bond donors (Lipinski definition) is 0. The van der Waals surface area contributed by atoms with E-state index in [4.69, 9.17) is 0 Å². The summed E-state index contributed by atoms with van der Waals surface area (Å²) in [4.78, 5) is 4.37. The lowest BCUT2D eigenvalue weighted by atomic mass is 9.99. The van der Waals surface area contributed by atoms with E-state index < -0.39 is 0 Å². The predicted octanol–water partition coefficient (Wildman–Crippen LogP) is 3.24. The Morgan fingerprint density at radius 1 is 1.50 bits per heavy atom. The summed E-state index contributed by atoms with van der Waals surface area (Å²) in [6.07, 6.45) is 3.86. The zero-order chi connectivity index (χ0) is 9.56. The average Bonchev–Trinajstić information content (AvgIpc) is 1.99. The smallest absolute Gasteiger partial charge is 0.0364 e. The van der Waals surface area contributed by atoms with Crippen LogP contribution in [0, 0.1) is 5.92 Å². The molecule has 0 heterocycles. The van der Waals surface area contributed by atoms with Crippen molar-refractivity contribution in [3.05, 3.63) is 24.3 Å². The maximum absolute atomic E-state index is 4.37. The summed E-state index contributed by atoms with van der Waals surface area (Å²) in [6, 6.07) is 0. The van der Waals surface area contributed by atoms with E-state index in [1.54, 1.807) is 0 Å². The highest BCUT2D eigenvalue weighted by molar-refractivity contribution is 5.98. The fraction of sp³-hybridized carbons (Fsp3) is 0.545. The van der Waals surface area contributed by atoms with Gasteiger partial charge in [0.05, 0.1) is 0 Å². The first-order chi connectivity index (χ1) is 5.63. The summed E-state index contributed by atoms with van der Waals surface area (Å²) in [5, 5.41) is 0. The number of aliphatic imine (C=N–C) groups is 1. The summed E-state index contributed by atoms with van der Waals surface area (Å²) >= 11 is 0. The molecule has 0 amide bonds. The quantitative estimate of drug-likeness (QED) is 0.448. The van der Waals surface area contributed by atoms with Gasteiger partial charge in [-0.25, -0.2) is 0 Å². The first-order valence-corrected chi connectivity index (χ1v) is 4.47. The highest BCUT2D eigenvalue weighted by atomic mass is 14.7. The van der Waals surface area contributed by atoms with Gasteiger partial charge in [0.25, 0.3) is 0 Å². The van der Waals surface area contributed by atoms with Crippen LogP contribution >= 0.6 is 0 Å². The molecule has 0 saturated carbocycles. The summed E-state index contributed by atoms with van der Waals surface area (Å²) in [6.45, 7) is 13.0. The summed E-state index contributed by atoms with van der Waals surface area (Å²) < 4.78 is 0. The average molecular weight is 165 g/mol. The van der Waals surface area contributed by atoms with Gasteiger partial charge in [0.1, 0.15) is 0 Å². The van der Waals surface area contributed by atoms with Crippen LogP contribution in [0.15, 0.2) is 29.3 Å². The molecule has 0 aliphatic heterocycles. The van der Waals surface area contributed by atoms with Gasteiger partial charge in [0.15, 0.2) is 0 Å². The second kappa shape index (κ2) is 5.76. The van der Waals surface area contributed by atoms with Crippen molar-refractivity contribution < 1.29 is 0 Å². The molecule has 0 aromatic carbocycles. The molecule has 0 aliphatic rings. The summed E-state index contributed by atoms with van der Waals surface area (Å²) in [5.41, 5.74) is 2.42. The fourth-order valence-corrected chi connectivity index (χ4v) is 1.19. The Morgan fingerprint density at radius 2 is 2.08 bits per heavy atom. The third-order valence-electron chi connectivity index (χ3n) is 1.73. The molecular formula is C11H19N. The van der Waals surface area contributed by atoms with Crippen molar-refractivity contribution in [1.29, 1.82) is 0 Å². The predicted molar refractivity (Wildman–Crippen MR) is 56.8 cm³/mol. The van der Waals surface area contributed by atoms with Crippen LogP contribution < -0.4 is 0 Å². The lowest BCUT2D eigenvalue weighted by Gasteiger charge is -2.09. The van der Waals surface area contributed by atoms with E-state index in [-0.39, 0.29) is 0 Å². The standard InChI is InChI=1S/C11H19N/c1-6-8-11(9(3)4)10(5)12-7-2/h6,8-9H,1,7H2,2-5H3/b11-8-,12-10?. The Bertz CT molecular complexity index is 197. The molecule has 1 nitrogen and oxygen atoms in total. The number of rotatable bonds is 4. The van der Waals surface area contributed by atoms with Crippen LogP contribution in [-0.2, 0) is 0 Å². The molecular weight excluding hydrogens is 146 g/mol. The first-order valence-electron chi connectivity index (χ1n) is 4.47. The Hall–Kier alpha value is -0.850. The van der Waals surface area contributed by atoms with Crippen LogP contribution in [-0.4, -0.2) is 12.3 Å². The van der Waals surface area contributed by atoms with Gasteiger partial charge in [-0.2, -0.15) is 0 Å². The van der Waals surface area contributed by atoms with E-state index in [0.29, 0.717) is 5.92 Å². The minimum Gasteiger partial charge on any atom is -0.290 e. The van der Waals surface area contributed by atoms with Crippen molar-refractivity contribution in [3.8, 4) is 0 Å². The SMILES string of the molecule is C=C/C=C(\C(C)=NCC)C(C)C. The number of hydrogen-bond acceptors (Lipinski definition) is 1. The van der Waals surface area contributed by atoms with Gasteiger partial charge in [-0.05, 0) is 25.3 Å². The van der Waals surface area contributed by atoms with Crippen molar-refractivity contribution in [2.45, 2.75) is 27.7 Å². The topological polar surface area (TPSA) is 12.4 Å². The monoisotopic (exact) mass is 165 g/mol. The molecule has 0 radical (unpaired) electrons. The van der Waals surface area contributed by atoms with Crippen LogP contribution in [0.2, 0.25) is 0 Å². The molecule has 12 heavy (non-hydrogen) atoms. The van der Waals surface area contributed by atoms with Gasteiger partial charge < -0.3 is 0 Å². The van der Waals surface area contributed by atoms with E-state index in [2.05, 4.69) is 39.3 Å². The zero-order valence-electron chi connectivity index (χ0n) is 8.59. The van der Waals surface area contributed by atoms with Crippen molar-refractivity contribution >= 4 is 5.71 Å². The van der Waals surface area contributed by atoms with Gasteiger partial charge in [-0.1, -0.05) is 32.6 Å². The molecule has 68 valence electrons. The molecule has 0 unspecified atom stereocenters. The summed E-state index contributed by atoms with van der Waals surface area (Å²) in [5.74, 6) is 0.526. The largest absolute Gasteiger partial charge is 0.290 e. The molecule has 0 N–H and O–H groups in total. The zero-order valence-corrected chi connectivity index (χ0v) is 8.59. The van der Waals surface area contributed by atoms with Gasteiger partial charge >= 0.3 is 0 Å². The Labute approximate surface area is 75.9 Å². The molecule has 0 aromatic rings. The highest BCUT2D eigenvalue weighted by Gasteiger charge is 2.04. The third-order valence-corrected chi connectivity index (χ3v) is 1.73. The van der Waals surface area contributed by atoms with E-state index in [1.165, 1.54) is 5.57 Å². The van der Waals surface area contributed by atoms with Gasteiger partial charge in [0.2, 0.25) is 0 Å². The first kappa shape index (κ1) is 11.2. The van der Waals surface area contributed by atoms with Crippen molar-refractivity contribution in [2.24, 2.45) is 10.9 Å². The minimum absolute atomic E-state index is 0.526. The second-order valence-corrected chi connectivity index (χ2v) is 3.07. The van der Waals surface area contributed by atoms with Crippen LogP contribution in [0.3, 0.4) is 0 Å². The van der Waals surface area contributed by atoms with Crippen molar-refractivity contribution in [3.63, 3.8) is 0 Å². The van der Waals surface area contributed by atoms with Gasteiger partial charge in [-0.15, -0.1) is 0 Å². The lowest BCUT2D eigenvalue weighted by molar-refractivity contribution is 0.800. The molecule has 0 saturated heterocycles. The van der Waals surface area contributed by atoms with Crippen LogP contribution in [0.25, 0.3) is 0 Å². The number of nitrogens with zero attached hydrogens (tertiary/aromatic N) is 1. The van der Waals surface area contributed by atoms with Gasteiger partial charge in [0, 0.05) is 12.3 Å². The lowest BCUT2D eigenvalue weighted by Crippen LogP contribution is -2.04. The van der Waals surface area contributed by atoms with Crippen molar-refractivity contribution in [2.75, 3.05) is 6.54 Å².